The molecule has 0 bridgehead atoms. The number of hydrogen-bond acceptors (Lipinski definition) is 3. The molecule has 2 fully saturated rings. The fourth-order valence-electron chi connectivity index (χ4n) is 5.01. The summed E-state index contributed by atoms with van der Waals surface area (Å²) in [6.45, 7) is 3.76. The van der Waals surface area contributed by atoms with E-state index in [-0.39, 0.29) is 5.75 Å². The van der Waals surface area contributed by atoms with Crippen LogP contribution >= 0.6 is 0 Å². The van der Waals surface area contributed by atoms with Gasteiger partial charge in [0.05, 0.1) is 0 Å². The van der Waals surface area contributed by atoms with E-state index in [9.17, 15) is 13.2 Å². The van der Waals surface area contributed by atoms with Crippen LogP contribution in [-0.2, 0) is 6.54 Å². The van der Waals surface area contributed by atoms with Gasteiger partial charge in [0.1, 0.15) is 5.75 Å². The second-order valence-electron chi connectivity index (χ2n) is 9.01. The molecular formula is C23H35F3N2O. The van der Waals surface area contributed by atoms with Crippen molar-refractivity contribution in [2.45, 2.75) is 70.7 Å². The molecule has 164 valence electrons. The van der Waals surface area contributed by atoms with E-state index < -0.39 is 6.36 Å². The predicted molar refractivity (Wildman–Crippen MR) is 109 cm³/mol. The number of halogens is 3. The summed E-state index contributed by atoms with van der Waals surface area (Å²) in [5.41, 5.74) is 6.88. The lowest BCUT2D eigenvalue weighted by Crippen LogP contribution is -2.36. The summed E-state index contributed by atoms with van der Waals surface area (Å²) < 4.78 is 41.2. The SMILES string of the molecule is NCC1CCC(CN(Cc2ccc(OC(F)(F)F)cc2)CC2CCCCC2)CC1. The number of rotatable bonds is 8. The largest absolute Gasteiger partial charge is 0.573 e. The van der Waals surface area contributed by atoms with Crippen LogP contribution in [0.4, 0.5) is 13.2 Å². The molecule has 0 heterocycles. The monoisotopic (exact) mass is 412 g/mol. The second-order valence-corrected chi connectivity index (χ2v) is 9.01. The smallest absolute Gasteiger partial charge is 0.406 e. The molecule has 6 heteroatoms. The van der Waals surface area contributed by atoms with E-state index in [1.54, 1.807) is 12.1 Å². The number of nitrogens with zero attached hydrogens (tertiary/aromatic N) is 1. The first-order valence-corrected chi connectivity index (χ1v) is 11.2. The summed E-state index contributed by atoms with van der Waals surface area (Å²) in [6.07, 6.45) is 6.88. The number of alkyl halides is 3. The Bertz CT molecular complexity index is 591. The van der Waals surface area contributed by atoms with Gasteiger partial charge in [-0.3, -0.25) is 4.90 Å². The van der Waals surface area contributed by atoms with Gasteiger partial charge in [0.2, 0.25) is 0 Å². The van der Waals surface area contributed by atoms with Gasteiger partial charge >= 0.3 is 6.36 Å². The highest BCUT2D eigenvalue weighted by Crippen LogP contribution is 2.31. The number of benzene rings is 1. The number of ether oxygens (including phenoxy) is 1. The van der Waals surface area contributed by atoms with Crippen LogP contribution in [0.5, 0.6) is 5.75 Å². The molecule has 0 aromatic heterocycles. The van der Waals surface area contributed by atoms with Crippen molar-refractivity contribution in [3.05, 3.63) is 29.8 Å². The third-order valence-corrected chi connectivity index (χ3v) is 6.62. The van der Waals surface area contributed by atoms with Gasteiger partial charge in [-0.25, -0.2) is 0 Å². The van der Waals surface area contributed by atoms with Crippen molar-refractivity contribution in [3.63, 3.8) is 0 Å². The summed E-state index contributed by atoms with van der Waals surface area (Å²) in [4.78, 5) is 2.54. The molecule has 0 spiro atoms. The lowest BCUT2D eigenvalue weighted by molar-refractivity contribution is -0.274. The normalized spacial score (nSPS) is 24.0. The Morgan fingerprint density at radius 3 is 1.93 bits per heavy atom. The van der Waals surface area contributed by atoms with Crippen molar-refractivity contribution in [2.75, 3.05) is 19.6 Å². The van der Waals surface area contributed by atoms with E-state index in [0.717, 1.165) is 37.7 Å². The molecule has 1 aromatic carbocycles. The zero-order valence-electron chi connectivity index (χ0n) is 17.3. The summed E-state index contributed by atoms with van der Waals surface area (Å²) in [7, 11) is 0. The lowest BCUT2D eigenvalue weighted by Gasteiger charge is -2.35. The fraction of sp³-hybridized carbons (Fsp3) is 0.739. The van der Waals surface area contributed by atoms with Gasteiger partial charge in [0.15, 0.2) is 0 Å². The average Bonchev–Trinajstić information content (AvgIpc) is 2.70. The van der Waals surface area contributed by atoms with E-state index in [0.29, 0.717) is 11.8 Å². The van der Waals surface area contributed by atoms with Crippen LogP contribution in [0.1, 0.15) is 63.4 Å². The summed E-state index contributed by atoms with van der Waals surface area (Å²) >= 11 is 0. The van der Waals surface area contributed by atoms with Crippen LogP contribution in [0.3, 0.4) is 0 Å². The Kier molecular flexibility index (Phi) is 8.25. The van der Waals surface area contributed by atoms with Crippen LogP contribution in [0.25, 0.3) is 0 Å². The van der Waals surface area contributed by atoms with E-state index in [4.69, 9.17) is 5.73 Å². The van der Waals surface area contributed by atoms with Gasteiger partial charge in [-0.2, -0.15) is 0 Å². The van der Waals surface area contributed by atoms with Crippen molar-refractivity contribution < 1.29 is 17.9 Å². The van der Waals surface area contributed by atoms with Gasteiger partial charge in [-0.1, -0.05) is 31.4 Å². The minimum atomic E-state index is -4.64. The molecule has 2 saturated carbocycles. The van der Waals surface area contributed by atoms with Crippen LogP contribution < -0.4 is 10.5 Å². The molecule has 2 aliphatic rings. The molecule has 1 aromatic rings. The van der Waals surface area contributed by atoms with E-state index in [2.05, 4.69) is 9.64 Å². The molecule has 0 unspecified atom stereocenters. The zero-order valence-corrected chi connectivity index (χ0v) is 17.3. The zero-order chi connectivity index (χ0) is 20.7. The van der Waals surface area contributed by atoms with Gasteiger partial charge in [-0.05, 0) is 80.5 Å². The first-order valence-electron chi connectivity index (χ1n) is 11.2. The van der Waals surface area contributed by atoms with Gasteiger partial charge in [-0.15, -0.1) is 13.2 Å². The Labute approximate surface area is 172 Å². The minimum absolute atomic E-state index is 0.153. The predicted octanol–water partition coefficient (Wildman–Crippen LogP) is 5.73. The van der Waals surface area contributed by atoms with Gasteiger partial charge in [0.25, 0.3) is 0 Å². The lowest BCUT2D eigenvalue weighted by atomic mass is 9.81. The fourth-order valence-corrected chi connectivity index (χ4v) is 5.01. The van der Waals surface area contributed by atoms with Crippen molar-refractivity contribution in [1.82, 2.24) is 4.90 Å². The van der Waals surface area contributed by atoms with E-state index in [1.165, 1.54) is 69.9 Å². The van der Waals surface area contributed by atoms with Crippen LogP contribution in [0, 0.1) is 17.8 Å². The van der Waals surface area contributed by atoms with Gasteiger partial charge < -0.3 is 10.5 Å². The molecule has 0 atom stereocenters. The van der Waals surface area contributed by atoms with Crippen LogP contribution in [0.15, 0.2) is 24.3 Å². The third-order valence-electron chi connectivity index (χ3n) is 6.62. The number of nitrogens with two attached hydrogens (primary N) is 1. The first-order chi connectivity index (χ1) is 13.9. The van der Waals surface area contributed by atoms with Crippen molar-refractivity contribution in [3.8, 4) is 5.75 Å². The van der Waals surface area contributed by atoms with Crippen LogP contribution in [-0.4, -0.2) is 30.9 Å². The molecule has 0 saturated heterocycles. The molecule has 3 rings (SSSR count). The maximum atomic E-state index is 12.4. The summed E-state index contributed by atoms with van der Waals surface area (Å²) in [5.74, 6) is 1.98. The number of hydrogen-bond donors (Lipinski definition) is 1. The molecule has 0 aliphatic heterocycles. The summed E-state index contributed by atoms with van der Waals surface area (Å²) in [5, 5.41) is 0. The second kappa shape index (κ2) is 10.7. The molecule has 29 heavy (non-hydrogen) atoms. The Hall–Kier alpha value is -1.27. The minimum Gasteiger partial charge on any atom is -0.406 e. The molecule has 2 N–H and O–H groups in total. The first kappa shape index (κ1) is 22.4. The van der Waals surface area contributed by atoms with E-state index >= 15 is 0 Å². The quantitative estimate of drug-likeness (QED) is 0.592. The highest BCUT2D eigenvalue weighted by Gasteiger charge is 2.31. The average molecular weight is 413 g/mol. The maximum absolute atomic E-state index is 12.4. The van der Waals surface area contributed by atoms with Crippen molar-refractivity contribution in [1.29, 1.82) is 0 Å². The van der Waals surface area contributed by atoms with Crippen LogP contribution in [0.2, 0.25) is 0 Å². The third kappa shape index (κ3) is 7.82. The molecule has 0 amide bonds. The van der Waals surface area contributed by atoms with Crippen molar-refractivity contribution in [2.24, 2.45) is 23.5 Å². The molecule has 3 nitrogen and oxygen atoms in total. The molecular weight excluding hydrogens is 377 g/mol. The molecule has 0 radical (unpaired) electrons. The van der Waals surface area contributed by atoms with Crippen molar-refractivity contribution >= 4 is 0 Å². The van der Waals surface area contributed by atoms with E-state index in [1.807, 2.05) is 0 Å². The topological polar surface area (TPSA) is 38.5 Å². The summed E-state index contributed by atoms with van der Waals surface area (Å²) in [6, 6.07) is 6.38. The standard InChI is InChI=1S/C23H35F3N2O/c24-23(25,26)29-22-12-10-21(11-13-22)17-28(15-19-4-2-1-3-5-19)16-20-8-6-18(14-27)7-9-20/h10-13,18-20H,1-9,14-17,27H2. The Morgan fingerprint density at radius 1 is 0.828 bits per heavy atom. The Morgan fingerprint density at radius 2 is 1.38 bits per heavy atom. The maximum Gasteiger partial charge on any atom is 0.573 e. The highest BCUT2D eigenvalue weighted by molar-refractivity contribution is 5.27. The highest BCUT2D eigenvalue weighted by atomic mass is 19.4. The van der Waals surface area contributed by atoms with Gasteiger partial charge in [0, 0.05) is 19.6 Å². The molecule has 2 aliphatic carbocycles. The Balaban J connectivity index is 1.59.